The van der Waals surface area contributed by atoms with E-state index in [1.54, 1.807) is 20.3 Å². The predicted octanol–water partition coefficient (Wildman–Crippen LogP) is 3.85. The third kappa shape index (κ3) is 7.51. The summed E-state index contributed by atoms with van der Waals surface area (Å²) in [6, 6.07) is 14.1. The molecule has 0 aliphatic carbocycles. The predicted molar refractivity (Wildman–Crippen MR) is 154 cm³/mol. The van der Waals surface area contributed by atoms with Crippen LogP contribution < -0.4 is 24.4 Å². The molecule has 11 heteroatoms. The van der Waals surface area contributed by atoms with Gasteiger partial charge in [0, 0.05) is 63.3 Å². The first-order valence-corrected chi connectivity index (χ1v) is 13.4. The van der Waals surface area contributed by atoms with Crippen LogP contribution in [0.4, 0.5) is 16.3 Å². The van der Waals surface area contributed by atoms with Gasteiger partial charge in [0.15, 0.2) is 11.5 Å². The van der Waals surface area contributed by atoms with Crippen LogP contribution in [0.5, 0.6) is 17.2 Å². The molecule has 0 bridgehead atoms. The number of nitrogens with one attached hydrogen (secondary N) is 1. The Morgan fingerprint density at radius 2 is 1.82 bits per heavy atom. The van der Waals surface area contributed by atoms with Crippen molar-refractivity contribution in [1.29, 1.82) is 0 Å². The van der Waals surface area contributed by atoms with Gasteiger partial charge in [-0.1, -0.05) is 30.3 Å². The highest BCUT2D eigenvalue weighted by atomic mass is 16.5. The molecule has 3 aromatic rings. The summed E-state index contributed by atoms with van der Waals surface area (Å²) in [5.41, 5.74) is 1.53. The minimum Gasteiger partial charge on any atom is -0.493 e. The van der Waals surface area contributed by atoms with Crippen LogP contribution in [-0.4, -0.2) is 98.1 Å². The van der Waals surface area contributed by atoms with Gasteiger partial charge in [0.2, 0.25) is 5.75 Å². The van der Waals surface area contributed by atoms with E-state index < -0.39 is 12.1 Å². The van der Waals surface area contributed by atoms with Crippen molar-refractivity contribution in [2.24, 2.45) is 0 Å². The van der Waals surface area contributed by atoms with E-state index in [2.05, 4.69) is 32.1 Å². The zero-order valence-corrected chi connectivity index (χ0v) is 23.3. The zero-order valence-electron chi connectivity index (χ0n) is 23.3. The number of hydrogen-bond acceptors (Lipinski definition) is 9. The van der Waals surface area contributed by atoms with Crippen LogP contribution in [0.25, 0.3) is 0 Å². The largest absolute Gasteiger partial charge is 0.493 e. The summed E-state index contributed by atoms with van der Waals surface area (Å²) in [5.74, 6) is 1.88. The summed E-state index contributed by atoms with van der Waals surface area (Å²) >= 11 is 0. The van der Waals surface area contributed by atoms with Gasteiger partial charge in [-0.15, -0.1) is 0 Å². The van der Waals surface area contributed by atoms with Gasteiger partial charge in [0.05, 0.1) is 26.9 Å². The normalized spacial score (nSPS) is 14.8. The number of carboxylic acid groups (broad SMARTS) is 1. The lowest BCUT2D eigenvalue weighted by atomic mass is 10.1. The number of benzene rings is 2. The van der Waals surface area contributed by atoms with Crippen molar-refractivity contribution in [3.05, 3.63) is 66.6 Å². The average Bonchev–Trinajstić information content (AvgIpc) is 2.98. The maximum Gasteiger partial charge on any atom is 0.413 e. The number of ether oxygens (including phenoxy) is 3. The van der Waals surface area contributed by atoms with E-state index >= 15 is 0 Å². The first-order chi connectivity index (χ1) is 19.5. The number of methoxy groups -OCH3 is 2. The van der Waals surface area contributed by atoms with Gasteiger partial charge in [0.1, 0.15) is 12.1 Å². The third-order valence-electron chi connectivity index (χ3n) is 6.93. The molecular weight excluding hydrogens is 512 g/mol. The maximum atomic E-state index is 12.4. The molecule has 1 amide bonds. The van der Waals surface area contributed by atoms with Gasteiger partial charge in [-0.05, 0) is 25.1 Å². The first-order valence-electron chi connectivity index (χ1n) is 13.4. The summed E-state index contributed by atoms with van der Waals surface area (Å²) in [6.45, 7) is 6.06. The fourth-order valence-corrected chi connectivity index (χ4v) is 4.75. The SMILES string of the molecule is COc1cc(NC[C@H](c2ccccc2)N(C(=O)O)c2ccncn2)cc(OCCCN2CCN(C)CC2)c1OC. The Morgan fingerprint density at radius 1 is 1.07 bits per heavy atom. The fraction of sp³-hybridized carbons (Fsp3) is 0.414. The molecule has 1 atom stereocenters. The maximum absolute atomic E-state index is 12.4. The second-order valence-electron chi connectivity index (χ2n) is 9.58. The summed E-state index contributed by atoms with van der Waals surface area (Å²) in [5, 5.41) is 13.5. The highest BCUT2D eigenvalue weighted by Gasteiger charge is 2.28. The zero-order chi connectivity index (χ0) is 28.3. The lowest BCUT2D eigenvalue weighted by molar-refractivity contribution is 0.145. The Labute approximate surface area is 235 Å². The topological polar surface area (TPSA) is 113 Å². The molecule has 2 N–H and O–H groups in total. The van der Waals surface area contributed by atoms with Crippen LogP contribution in [0, 0.1) is 0 Å². The summed E-state index contributed by atoms with van der Waals surface area (Å²) in [7, 11) is 5.31. The highest BCUT2D eigenvalue weighted by Crippen LogP contribution is 2.40. The molecule has 1 aliphatic heterocycles. The Bertz CT molecular complexity index is 1210. The van der Waals surface area contributed by atoms with Crippen LogP contribution in [0.3, 0.4) is 0 Å². The van der Waals surface area contributed by atoms with E-state index in [-0.39, 0.29) is 12.4 Å². The van der Waals surface area contributed by atoms with Crippen LogP contribution in [0.2, 0.25) is 0 Å². The van der Waals surface area contributed by atoms with Crippen LogP contribution in [-0.2, 0) is 0 Å². The van der Waals surface area contributed by atoms with Gasteiger partial charge in [-0.2, -0.15) is 0 Å². The lowest BCUT2D eigenvalue weighted by Gasteiger charge is -2.32. The van der Waals surface area contributed by atoms with Crippen molar-refractivity contribution in [2.75, 3.05) is 77.4 Å². The van der Waals surface area contributed by atoms with E-state index in [4.69, 9.17) is 14.2 Å². The van der Waals surface area contributed by atoms with E-state index in [0.29, 0.717) is 29.5 Å². The minimum atomic E-state index is -1.12. The number of carbonyl (C=O) groups is 1. The molecule has 11 nitrogen and oxygen atoms in total. The van der Waals surface area contributed by atoms with Crippen molar-refractivity contribution in [1.82, 2.24) is 19.8 Å². The number of likely N-dealkylation sites (N-methyl/N-ethyl adjacent to an activating group) is 1. The Kier molecular flexibility index (Phi) is 10.4. The Hall–Kier alpha value is -4.09. The summed E-state index contributed by atoms with van der Waals surface area (Å²) < 4.78 is 17.4. The molecule has 0 radical (unpaired) electrons. The molecule has 2 aromatic carbocycles. The van der Waals surface area contributed by atoms with Crippen molar-refractivity contribution in [3.8, 4) is 17.2 Å². The molecule has 1 aliphatic rings. The number of piperazine rings is 1. The van der Waals surface area contributed by atoms with Crippen molar-refractivity contribution in [2.45, 2.75) is 12.5 Å². The van der Waals surface area contributed by atoms with Crippen LogP contribution in [0.15, 0.2) is 61.1 Å². The Balaban J connectivity index is 1.50. The Morgan fingerprint density at radius 3 is 2.48 bits per heavy atom. The molecule has 40 heavy (non-hydrogen) atoms. The van der Waals surface area contributed by atoms with E-state index in [1.165, 1.54) is 17.4 Å². The van der Waals surface area contributed by atoms with E-state index in [9.17, 15) is 9.90 Å². The monoisotopic (exact) mass is 550 g/mol. The van der Waals surface area contributed by atoms with Crippen molar-refractivity contribution < 1.29 is 24.1 Å². The summed E-state index contributed by atoms with van der Waals surface area (Å²) in [6.07, 6.45) is 2.62. The van der Waals surface area contributed by atoms with E-state index in [1.807, 2.05) is 42.5 Å². The molecular formula is C29H38N6O5. The van der Waals surface area contributed by atoms with Gasteiger partial charge in [0.25, 0.3) is 0 Å². The second kappa shape index (κ2) is 14.3. The molecule has 0 spiro atoms. The molecule has 1 fully saturated rings. The van der Waals surface area contributed by atoms with Gasteiger partial charge >= 0.3 is 6.09 Å². The highest BCUT2D eigenvalue weighted by molar-refractivity contribution is 5.85. The molecule has 4 rings (SSSR count). The van der Waals surface area contributed by atoms with Crippen LogP contribution in [0.1, 0.15) is 18.0 Å². The van der Waals surface area contributed by atoms with E-state index in [0.717, 1.165) is 44.7 Å². The third-order valence-corrected chi connectivity index (χ3v) is 6.93. The molecule has 1 saturated heterocycles. The van der Waals surface area contributed by atoms with Gasteiger partial charge in [-0.3, -0.25) is 4.90 Å². The smallest absolute Gasteiger partial charge is 0.413 e. The lowest BCUT2D eigenvalue weighted by Crippen LogP contribution is -2.44. The summed E-state index contributed by atoms with van der Waals surface area (Å²) in [4.78, 5) is 26.6. The number of anilines is 2. The average molecular weight is 551 g/mol. The molecule has 0 saturated carbocycles. The van der Waals surface area contributed by atoms with Crippen molar-refractivity contribution >= 4 is 17.6 Å². The van der Waals surface area contributed by atoms with Gasteiger partial charge < -0.3 is 34.4 Å². The quantitative estimate of drug-likeness (QED) is 0.304. The molecule has 214 valence electrons. The minimum absolute atomic E-state index is 0.263. The van der Waals surface area contributed by atoms with Gasteiger partial charge in [-0.25, -0.2) is 14.8 Å². The fourth-order valence-electron chi connectivity index (χ4n) is 4.75. The molecule has 1 aromatic heterocycles. The standard InChI is InChI=1S/C29H38N6O5/c1-33-13-15-34(16-14-33)12-7-17-40-26-19-23(18-25(38-2)28(26)39-3)31-20-24(22-8-5-4-6-9-22)35(29(36)37)27-10-11-30-21-32-27/h4-6,8-11,18-19,21,24,31H,7,12-17,20H2,1-3H3,(H,36,37)/t24-/m1/s1. The van der Waals surface area contributed by atoms with Crippen molar-refractivity contribution in [3.63, 3.8) is 0 Å². The number of hydrogen-bond donors (Lipinski definition) is 2. The number of nitrogens with zero attached hydrogens (tertiary/aromatic N) is 5. The number of amides is 1. The number of aromatic nitrogens is 2. The number of rotatable bonds is 13. The van der Waals surface area contributed by atoms with Crippen LogP contribution >= 0.6 is 0 Å². The molecule has 0 unspecified atom stereocenters. The first kappa shape index (κ1) is 28.9. The second-order valence-corrected chi connectivity index (χ2v) is 9.58. The molecule has 2 heterocycles.